The van der Waals surface area contributed by atoms with Crippen LogP contribution in [0.3, 0.4) is 0 Å². The molecule has 8 heteroatoms. The van der Waals surface area contributed by atoms with Gasteiger partial charge in [-0.05, 0) is 65.3 Å². The van der Waals surface area contributed by atoms with Crippen LogP contribution in [-0.4, -0.2) is 0 Å². The maximum absolute atomic E-state index is 2.30. The minimum Gasteiger partial charge on any atom is -1.00 e. The van der Waals surface area contributed by atoms with Crippen LogP contribution in [-0.2, 0) is 26.2 Å². The van der Waals surface area contributed by atoms with E-state index in [4.69, 9.17) is 0 Å². The van der Waals surface area contributed by atoms with Gasteiger partial charge in [0.2, 0.25) is 0 Å². The first kappa shape index (κ1) is 46.4. The molecule has 0 spiro atoms. The van der Waals surface area contributed by atoms with Gasteiger partial charge in [0.05, 0.1) is 0 Å². The van der Waals surface area contributed by atoms with Gasteiger partial charge in [-0.1, -0.05) is 121 Å². The van der Waals surface area contributed by atoms with Crippen molar-refractivity contribution in [1.82, 2.24) is 0 Å². The van der Waals surface area contributed by atoms with E-state index in [1.54, 1.807) is 0 Å². The average Bonchev–Trinajstić information content (AvgIpc) is 3.31. The first-order chi connectivity index (χ1) is 29.7. The maximum Gasteiger partial charge on any atom is 0.175 e. The summed E-state index contributed by atoms with van der Waals surface area (Å²) < 4.78 is 9.20. The fourth-order valence-corrected chi connectivity index (χ4v) is 9.16. The number of benzene rings is 6. The second-order valence-corrected chi connectivity index (χ2v) is 16.0. The van der Waals surface area contributed by atoms with Gasteiger partial charge in [0.15, 0.2) is 75.8 Å². The molecule has 0 saturated carbocycles. The van der Waals surface area contributed by atoms with Crippen LogP contribution < -0.4 is 86.2 Å². The highest BCUT2D eigenvalue weighted by molar-refractivity contribution is 6.06. The second kappa shape index (κ2) is 20.5. The molecular formula is C56H44Br4N4. The lowest BCUT2D eigenvalue weighted by molar-refractivity contribution is -0.688. The third-order valence-electron chi connectivity index (χ3n) is 12.3. The number of hydrogen-bond acceptors (Lipinski definition) is 0. The largest absolute Gasteiger partial charge is 1.00 e. The summed E-state index contributed by atoms with van der Waals surface area (Å²) in [5, 5.41) is 10.4. The molecule has 17 rings (SSSR count). The van der Waals surface area contributed by atoms with Gasteiger partial charge in [-0.15, -0.1) is 0 Å². The highest BCUT2D eigenvalue weighted by atomic mass is 79.9. The monoisotopic (exact) mass is 1090 g/mol. The van der Waals surface area contributed by atoms with E-state index in [0.29, 0.717) is 0 Å². The first-order valence-electron chi connectivity index (χ1n) is 20.9. The fraction of sp³-hybridized carbons (Fsp3) is 0.0714. The predicted molar refractivity (Wildman–Crippen MR) is 244 cm³/mol. The van der Waals surface area contributed by atoms with Crippen molar-refractivity contribution in [2.24, 2.45) is 0 Å². The number of halogens is 4. The van der Waals surface area contributed by atoms with Crippen molar-refractivity contribution in [3.63, 3.8) is 0 Å². The molecule has 0 amide bonds. The zero-order valence-electron chi connectivity index (χ0n) is 34.9. The van der Waals surface area contributed by atoms with Gasteiger partial charge in [0.25, 0.3) is 0 Å². The molecule has 316 valence electrons. The van der Waals surface area contributed by atoms with Crippen LogP contribution in [0.1, 0.15) is 44.5 Å². The normalized spacial score (nSPS) is 13.1. The van der Waals surface area contributed by atoms with E-state index in [1.165, 1.54) is 87.6 Å². The lowest BCUT2D eigenvalue weighted by atomic mass is 9.91. The second-order valence-electron chi connectivity index (χ2n) is 16.0. The summed E-state index contributed by atoms with van der Waals surface area (Å²) in [5.74, 6) is 0. The number of aromatic nitrogens is 4. The van der Waals surface area contributed by atoms with Crippen molar-refractivity contribution in [3.05, 3.63) is 240 Å². The third-order valence-corrected chi connectivity index (χ3v) is 12.3. The van der Waals surface area contributed by atoms with Crippen molar-refractivity contribution in [2.75, 3.05) is 0 Å². The Morgan fingerprint density at radius 2 is 0.375 bits per heavy atom. The first-order valence-corrected chi connectivity index (χ1v) is 20.9. The SMILES string of the molecule is C1=C/c2cc[n+](cc2)Cc2c3ccccc3c(c3ccccc23)C[n+]2ccc(cc2)/C=C/c2cc[n+](cc2)Cc2c3ccccc3c(c3ccccc23)C[n+]2ccc/1cc2.[Br-].[Br-].[Br-].[Br-]. The van der Waals surface area contributed by atoms with Gasteiger partial charge >= 0.3 is 0 Å². The smallest absolute Gasteiger partial charge is 0.175 e. The van der Waals surface area contributed by atoms with Crippen LogP contribution in [0.5, 0.6) is 0 Å². The summed E-state index contributed by atoms with van der Waals surface area (Å²) in [7, 11) is 0. The minimum absolute atomic E-state index is 0. The van der Waals surface area contributed by atoms with Gasteiger partial charge in [-0.2, -0.15) is 0 Å². The molecule has 7 aliphatic heterocycles. The summed E-state index contributed by atoms with van der Waals surface area (Å²) in [5.41, 5.74) is 10.1. The molecule has 0 N–H and O–H groups in total. The predicted octanol–water partition coefficient (Wildman–Crippen LogP) is -1.69. The van der Waals surface area contributed by atoms with Crippen molar-refractivity contribution in [3.8, 4) is 0 Å². The van der Waals surface area contributed by atoms with Gasteiger partial charge < -0.3 is 67.9 Å². The molecule has 0 atom stereocenters. The Bertz CT molecular complexity index is 2740. The fourth-order valence-electron chi connectivity index (χ4n) is 9.16. The van der Waals surface area contributed by atoms with Crippen LogP contribution in [0.15, 0.2) is 195 Å². The summed E-state index contributed by atoms with van der Waals surface area (Å²) in [6, 6.07) is 53.4. The van der Waals surface area contributed by atoms with Crippen molar-refractivity contribution in [2.45, 2.75) is 26.2 Å². The number of fused-ring (bicyclic) bond motifs is 2. The Morgan fingerprint density at radius 1 is 0.219 bits per heavy atom. The van der Waals surface area contributed by atoms with Crippen LogP contribution >= 0.6 is 0 Å². The molecule has 0 radical (unpaired) electrons. The summed E-state index contributed by atoms with van der Waals surface area (Å²) in [6.07, 6.45) is 26.5. The molecule has 11 heterocycles. The van der Waals surface area contributed by atoms with E-state index < -0.39 is 0 Å². The third kappa shape index (κ3) is 9.29. The molecule has 12 bridgehead atoms. The Labute approximate surface area is 416 Å². The molecule has 0 aliphatic carbocycles. The molecule has 64 heavy (non-hydrogen) atoms. The molecule has 0 saturated heterocycles. The number of hydrogen-bond donors (Lipinski definition) is 0. The van der Waals surface area contributed by atoms with Crippen molar-refractivity contribution in [1.29, 1.82) is 0 Å². The summed E-state index contributed by atoms with van der Waals surface area (Å²) in [4.78, 5) is 0. The molecular weight excluding hydrogens is 1050 g/mol. The Kier molecular flexibility index (Phi) is 14.8. The lowest BCUT2D eigenvalue weighted by Crippen LogP contribution is -3.00. The van der Waals surface area contributed by atoms with E-state index in [9.17, 15) is 0 Å². The van der Waals surface area contributed by atoms with E-state index >= 15 is 0 Å². The van der Waals surface area contributed by atoms with Crippen molar-refractivity contribution < 1.29 is 86.2 Å². The van der Waals surface area contributed by atoms with Crippen molar-refractivity contribution >= 4 is 67.4 Å². The molecule has 6 aromatic carbocycles. The van der Waals surface area contributed by atoms with Gasteiger partial charge in [-0.25, -0.2) is 18.3 Å². The van der Waals surface area contributed by atoms with E-state index in [-0.39, 0.29) is 67.9 Å². The molecule has 7 aliphatic rings. The minimum atomic E-state index is 0. The van der Waals surface area contributed by atoms with E-state index in [1.807, 2.05) is 0 Å². The zero-order chi connectivity index (χ0) is 39.8. The summed E-state index contributed by atoms with van der Waals surface area (Å²) >= 11 is 0. The lowest BCUT2D eigenvalue weighted by Gasteiger charge is -2.14. The van der Waals surface area contributed by atoms with Gasteiger partial charge in [0, 0.05) is 70.8 Å². The Balaban J connectivity index is 0.00000153. The van der Waals surface area contributed by atoms with Crippen LogP contribution in [0, 0.1) is 0 Å². The molecule has 0 fully saturated rings. The molecule has 4 aromatic heterocycles. The molecule has 4 nitrogen and oxygen atoms in total. The van der Waals surface area contributed by atoms with Gasteiger partial charge in [-0.3, -0.25) is 0 Å². The molecule has 10 aromatic rings. The number of rotatable bonds is 0. The highest BCUT2D eigenvalue weighted by Gasteiger charge is 2.21. The topological polar surface area (TPSA) is 15.5 Å². The van der Waals surface area contributed by atoms with Crippen LogP contribution in [0.25, 0.3) is 67.4 Å². The summed E-state index contributed by atoms with van der Waals surface area (Å²) in [6.45, 7) is 3.14. The molecule has 0 unspecified atom stereocenters. The highest BCUT2D eigenvalue weighted by Crippen LogP contribution is 2.34. The van der Waals surface area contributed by atoms with Crippen LogP contribution in [0.4, 0.5) is 0 Å². The maximum atomic E-state index is 2.30. The quantitative estimate of drug-likeness (QED) is 0.128. The standard InChI is InChI=1S/C56H44N4.4BrH/c1-2-10-46-45(9-1)53-37-57-29-21-41(22-30-57)17-18-43-25-33-59(34-26-43)39-55-49-13-5-7-15-51(49)56(52-16-8-6-14-50(52)55)40-60-35-27-44(28-36-60)20-19-42-23-31-58(32-24-42)38-54(46)48-12-4-3-11-47(48)53;;;;/h1-36H,37-40H2;4*1H/q+4;;;;/p-4/b18-17+,20-19+;;;;. The van der Waals surface area contributed by atoms with E-state index in [2.05, 4.69) is 238 Å². The van der Waals surface area contributed by atoms with E-state index in [0.717, 1.165) is 26.2 Å². The number of nitrogens with zero attached hydrogens (tertiary/aromatic N) is 4. The average molecular weight is 1090 g/mol. The number of pyridine rings is 4. The van der Waals surface area contributed by atoms with Gasteiger partial charge in [0.1, 0.15) is 0 Å². The Morgan fingerprint density at radius 3 is 0.531 bits per heavy atom. The zero-order valence-corrected chi connectivity index (χ0v) is 41.3. The van der Waals surface area contributed by atoms with Crippen LogP contribution in [0.2, 0.25) is 0 Å². The Hall–Kier alpha value is -5.64.